The number of likely N-dealkylation sites (tertiary alicyclic amines) is 1. The third-order valence-corrected chi connectivity index (χ3v) is 4.11. The van der Waals surface area contributed by atoms with E-state index in [1.165, 1.54) is 0 Å². The van der Waals surface area contributed by atoms with Crippen molar-refractivity contribution in [2.24, 2.45) is 5.73 Å². The summed E-state index contributed by atoms with van der Waals surface area (Å²) in [4.78, 5) is 14.4. The topological polar surface area (TPSA) is 46.3 Å². The van der Waals surface area contributed by atoms with Crippen molar-refractivity contribution >= 4 is 18.3 Å². The summed E-state index contributed by atoms with van der Waals surface area (Å²) < 4.78 is 0. The maximum atomic E-state index is 12.4. The number of halogens is 1. The maximum Gasteiger partial charge on any atom is 0.243 e. The zero-order chi connectivity index (χ0) is 11.1. The molecule has 2 atom stereocenters. The first-order chi connectivity index (χ1) is 7.04. The molecular formula is C12H23ClN2O. The maximum absolute atomic E-state index is 12.4. The first kappa shape index (κ1) is 13.8. The van der Waals surface area contributed by atoms with E-state index in [0.717, 1.165) is 38.5 Å². The highest BCUT2D eigenvalue weighted by molar-refractivity contribution is 5.87. The molecule has 0 aromatic rings. The highest BCUT2D eigenvalue weighted by atomic mass is 35.5. The van der Waals surface area contributed by atoms with E-state index in [-0.39, 0.29) is 18.3 Å². The largest absolute Gasteiger partial charge is 0.336 e. The molecule has 1 aliphatic carbocycles. The minimum absolute atomic E-state index is 0. The van der Waals surface area contributed by atoms with Crippen molar-refractivity contribution in [2.45, 2.75) is 70.0 Å². The van der Waals surface area contributed by atoms with Crippen molar-refractivity contribution < 1.29 is 4.79 Å². The Hall–Kier alpha value is -0.280. The van der Waals surface area contributed by atoms with E-state index in [9.17, 15) is 4.79 Å². The molecule has 0 aromatic carbocycles. The van der Waals surface area contributed by atoms with Gasteiger partial charge in [0.15, 0.2) is 0 Å². The van der Waals surface area contributed by atoms with Gasteiger partial charge in [-0.1, -0.05) is 12.8 Å². The minimum Gasteiger partial charge on any atom is -0.336 e. The third kappa shape index (κ3) is 2.21. The van der Waals surface area contributed by atoms with Crippen molar-refractivity contribution in [1.29, 1.82) is 0 Å². The minimum atomic E-state index is -0.535. The molecular weight excluding hydrogens is 224 g/mol. The summed E-state index contributed by atoms with van der Waals surface area (Å²) in [6, 6.07) is 0.766. The molecule has 2 N–H and O–H groups in total. The molecule has 2 rings (SSSR count). The van der Waals surface area contributed by atoms with Crippen LogP contribution < -0.4 is 5.73 Å². The number of rotatable bonds is 1. The molecule has 16 heavy (non-hydrogen) atoms. The molecule has 1 aliphatic heterocycles. The van der Waals surface area contributed by atoms with Crippen LogP contribution in [-0.2, 0) is 4.79 Å². The Morgan fingerprint density at radius 3 is 2.06 bits per heavy atom. The summed E-state index contributed by atoms with van der Waals surface area (Å²) in [6.45, 7) is 4.28. The smallest absolute Gasteiger partial charge is 0.243 e. The monoisotopic (exact) mass is 246 g/mol. The number of amides is 1. The summed E-state index contributed by atoms with van der Waals surface area (Å²) in [5.41, 5.74) is 5.68. The van der Waals surface area contributed by atoms with Crippen LogP contribution in [0.1, 0.15) is 52.4 Å². The molecule has 0 radical (unpaired) electrons. The lowest BCUT2D eigenvalue weighted by Crippen LogP contribution is -2.56. The highest BCUT2D eigenvalue weighted by Crippen LogP contribution is 2.33. The number of carbonyl (C=O) groups is 1. The van der Waals surface area contributed by atoms with Crippen molar-refractivity contribution in [2.75, 3.05) is 0 Å². The van der Waals surface area contributed by atoms with E-state index < -0.39 is 5.54 Å². The summed E-state index contributed by atoms with van der Waals surface area (Å²) in [5.74, 6) is 0.206. The van der Waals surface area contributed by atoms with Crippen LogP contribution in [0, 0.1) is 0 Å². The summed E-state index contributed by atoms with van der Waals surface area (Å²) in [7, 11) is 0. The average Bonchev–Trinajstić information content (AvgIpc) is 2.75. The van der Waals surface area contributed by atoms with Crippen LogP contribution in [-0.4, -0.2) is 28.4 Å². The Balaban J connectivity index is 0.00000128. The molecule has 2 aliphatic rings. The quantitative estimate of drug-likeness (QED) is 0.770. The van der Waals surface area contributed by atoms with Crippen molar-refractivity contribution in [3.05, 3.63) is 0 Å². The molecule has 1 saturated heterocycles. The number of hydrogen-bond donors (Lipinski definition) is 1. The van der Waals surface area contributed by atoms with E-state index in [0.29, 0.717) is 12.1 Å². The van der Waals surface area contributed by atoms with E-state index in [1.54, 1.807) is 0 Å². The number of nitrogens with two attached hydrogens (primary N) is 1. The predicted octanol–water partition coefficient (Wildman–Crippen LogP) is 2.08. The van der Waals surface area contributed by atoms with Crippen LogP contribution in [0.2, 0.25) is 0 Å². The molecule has 0 bridgehead atoms. The fourth-order valence-electron chi connectivity index (χ4n) is 3.07. The molecule has 2 fully saturated rings. The summed E-state index contributed by atoms with van der Waals surface area (Å²) in [6.07, 6.45) is 6.23. The van der Waals surface area contributed by atoms with Crippen LogP contribution in [0.4, 0.5) is 0 Å². The van der Waals surface area contributed by atoms with Gasteiger partial charge in [-0.2, -0.15) is 0 Å². The standard InChI is InChI=1S/C12H22N2O.ClH/c1-9-5-6-10(2)14(9)11(15)12(13)7-3-4-8-12;/h9-10H,3-8,13H2,1-2H3;1H/t9-,10+;. The van der Waals surface area contributed by atoms with Crippen LogP contribution in [0.5, 0.6) is 0 Å². The van der Waals surface area contributed by atoms with Gasteiger partial charge in [-0.25, -0.2) is 0 Å². The van der Waals surface area contributed by atoms with Crippen LogP contribution in [0.15, 0.2) is 0 Å². The highest BCUT2D eigenvalue weighted by Gasteiger charge is 2.44. The molecule has 0 aromatic heterocycles. The lowest BCUT2D eigenvalue weighted by Gasteiger charge is -2.34. The van der Waals surface area contributed by atoms with Gasteiger partial charge in [-0.15, -0.1) is 12.4 Å². The SMILES string of the molecule is C[C@@H]1CC[C@H](C)N1C(=O)C1(N)CCCC1.Cl. The van der Waals surface area contributed by atoms with Crippen LogP contribution in [0.25, 0.3) is 0 Å². The Kier molecular flexibility index (Phi) is 4.24. The Morgan fingerprint density at radius 1 is 1.19 bits per heavy atom. The lowest BCUT2D eigenvalue weighted by atomic mass is 9.96. The van der Waals surface area contributed by atoms with E-state index in [2.05, 4.69) is 13.8 Å². The van der Waals surface area contributed by atoms with Gasteiger partial charge >= 0.3 is 0 Å². The van der Waals surface area contributed by atoms with Gasteiger partial charge in [0.05, 0.1) is 5.54 Å². The van der Waals surface area contributed by atoms with E-state index in [1.807, 2.05) is 4.90 Å². The summed E-state index contributed by atoms with van der Waals surface area (Å²) >= 11 is 0. The van der Waals surface area contributed by atoms with Crippen molar-refractivity contribution in [1.82, 2.24) is 4.90 Å². The molecule has 0 unspecified atom stereocenters. The lowest BCUT2D eigenvalue weighted by molar-refractivity contribution is -0.139. The predicted molar refractivity (Wildman–Crippen MR) is 67.6 cm³/mol. The van der Waals surface area contributed by atoms with Crippen molar-refractivity contribution in [3.63, 3.8) is 0 Å². The van der Waals surface area contributed by atoms with Crippen molar-refractivity contribution in [3.8, 4) is 0 Å². The Morgan fingerprint density at radius 2 is 1.62 bits per heavy atom. The molecule has 0 spiro atoms. The van der Waals surface area contributed by atoms with Gasteiger partial charge in [0.2, 0.25) is 5.91 Å². The average molecular weight is 247 g/mol. The molecule has 94 valence electrons. The van der Waals surface area contributed by atoms with Gasteiger partial charge in [0, 0.05) is 12.1 Å². The van der Waals surface area contributed by atoms with Crippen LogP contribution in [0.3, 0.4) is 0 Å². The number of nitrogens with zero attached hydrogens (tertiary/aromatic N) is 1. The second-order valence-corrected chi connectivity index (χ2v) is 5.35. The zero-order valence-electron chi connectivity index (χ0n) is 10.2. The number of hydrogen-bond acceptors (Lipinski definition) is 2. The molecule has 1 heterocycles. The van der Waals surface area contributed by atoms with Gasteiger partial charge < -0.3 is 10.6 Å². The normalized spacial score (nSPS) is 32.6. The fourth-order valence-corrected chi connectivity index (χ4v) is 3.07. The second kappa shape index (κ2) is 4.92. The number of carbonyl (C=O) groups excluding carboxylic acids is 1. The fraction of sp³-hybridized carbons (Fsp3) is 0.917. The van der Waals surface area contributed by atoms with E-state index >= 15 is 0 Å². The van der Waals surface area contributed by atoms with E-state index in [4.69, 9.17) is 5.73 Å². The first-order valence-corrected chi connectivity index (χ1v) is 6.16. The Bertz CT molecular complexity index is 254. The molecule has 4 heteroatoms. The van der Waals surface area contributed by atoms with Gasteiger partial charge in [-0.3, -0.25) is 4.79 Å². The molecule has 1 amide bonds. The zero-order valence-corrected chi connectivity index (χ0v) is 11.1. The summed E-state index contributed by atoms with van der Waals surface area (Å²) in [5, 5.41) is 0. The van der Waals surface area contributed by atoms with Gasteiger partial charge in [0.1, 0.15) is 0 Å². The van der Waals surface area contributed by atoms with Crippen LogP contribution >= 0.6 is 12.4 Å². The van der Waals surface area contributed by atoms with Gasteiger partial charge in [0.25, 0.3) is 0 Å². The Labute approximate surface area is 104 Å². The van der Waals surface area contributed by atoms with Gasteiger partial charge in [-0.05, 0) is 39.5 Å². The second-order valence-electron chi connectivity index (χ2n) is 5.35. The molecule has 1 saturated carbocycles. The third-order valence-electron chi connectivity index (χ3n) is 4.11. The molecule has 3 nitrogen and oxygen atoms in total. The first-order valence-electron chi connectivity index (χ1n) is 6.16.